The molecule has 0 unspecified atom stereocenters. The fraction of sp³-hybridized carbons (Fsp3) is 0.562. The van der Waals surface area contributed by atoms with E-state index < -0.39 is 0 Å². The van der Waals surface area contributed by atoms with Crippen LogP contribution in [0.5, 0.6) is 5.75 Å². The van der Waals surface area contributed by atoms with Crippen molar-refractivity contribution in [2.24, 2.45) is 0 Å². The van der Waals surface area contributed by atoms with Gasteiger partial charge in [0.25, 0.3) is 0 Å². The maximum Gasteiger partial charge on any atom is 0.230 e. The molecule has 1 saturated heterocycles. The van der Waals surface area contributed by atoms with Gasteiger partial charge in [-0.3, -0.25) is 4.79 Å². The molecule has 5 heteroatoms. The molecule has 2 atom stereocenters. The molecule has 0 aromatic heterocycles. The van der Waals surface area contributed by atoms with Gasteiger partial charge in [0.2, 0.25) is 5.91 Å². The summed E-state index contributed by atoms with van der Waals surface area (Å²) in [6, 6.07) is 7.46. The highest BCUT2D eigenvalue weighted by atomic mass is 16.5. The number of carbonyl (C=O) groups is 1. The number of benzene rings is 1. The van der Waals surface area contributed by atoms with E-state index in [0.717, 1.165) is 25.3 Å². The van der Waals surface area contributed by atoms with Gasteiger partial charge in [-0.2, -0.15) is 0 Å². The van der Waals surface area contributed by atoms with Crippen LogP contribution < -0.4 is 15.0 Å². The van der Waals surface area contributed by atoms with Gasteiger partial charge < -0.3 is 19.7 Å². The largest absolute Gasteiger partial charge is 0.495 e. The molecule has 1 aromatic carbocycles. The standard InChI is InChI=1S/C16H24N2O3/c1-12-10-18(11-13(2)21-12)9-8-16(19)17-14-6-4-5-7-15(14)20-3/h4-7,12-13H,8-11H2,1-3H3,(H,17,19)/p+1/t12-,13-/m1/s1. The first-order chi connectivity index (χ1) is 10.1. The van der Waals surface area contributed by atoms with Crippen LogP contribution in [0.25, 0.3) is 0 Å². The van der Waals surface area contributed by atoms with Crippen LogP contribution in [0.1, 0.15) is 20.3 Å². The van der Waals surface area contributed by atoms with Crippen molar-refractivity contribution in [2.75, 3.05) is 32.1 Å². The van der Waals surface area contributed by atoms with E-state index in [9.17, 15) is 4.79 Å². The number of nitrogens with one attached hydrogen (secondary N) is 2. The van der Waals surface area contributed by atoms with Crippen molar-refractivity contribution < 1.29 is 19.2 Å². The van der Waals surface area contributed by atoms with Gasteiger partial charge in [-0.25, -0.2) is 0 Å². The van der Waals surface area contributed by atoms with Crippen molar-refractivity contribution in [1.29, 1.82) is 0 Å². The van der Waals surface area contributed by atoms with E-state index in [-0.39, 0.29) is 18.1 Å². The number of morpholine rings is 1. The summed E-state index contributed by atoms with van der Waals surface area (Å²) >= 11 is 0. The van der Waals surface area contributed by atoms with E-state index >= 15 is 0 Å². The van der Waals surface area contributed by atoms with E-state index in [0.29, 0.717) is 12.2 Å². The molecule has 0 radical (unpaired) electrons. The van der Waals surface area contributed by atoms with E-state index in [1.807, 2.05) is 24.3 Å². The maximum absolute atomic E-state index is 12.1. The second-order valence-corrected chi connectivity index (χ2v) is 5.66. The zero-order valence-corrected chi connectivity index (χ0v) is 13.0. The second kappa shape index (κ2) is 7.43. The highest BCUT2D eigenvalue weighted by Crippen LogP contribution is 2.22. The highest BCUT2D eigenvalue weighted by molar-refractivity contribution is 5.92. The van der Waals surface area contributed by atoms with Crippen molar-refractivity contribution in [2.45, 2.75) is 32.5 Å². The lowest BCUT2D eigenvalue weighted by Crippen LogP contribution is -3.15. The first-order valence-corrected chi connectivity index (χ1v) is 7.50. The number of rotatable bonds is 5. The predicted octanol–water partition coefficient (Wildman–Crippen LogP) is 0.716. The van der Waals surface area contributed by atoms with Crippen molar-refractivity contribution in [3.05, 3.63) is 24.3 Å². The fourth-order valence-electron chi connectivity index (χ4n) is 2.84. The van der Waals surface area contributed by atoms with Crippen molar-refractivity contribution >= 4 is 11.6 Å². The van der Waals surface area contributed by atoms with E-state index in [2.05, 4.69) is 19.2 Å². The molecule has 0 saturated carbocycles. The van der Waals surface area contributed by atoms with Gasteiger partial charge in [0.05, 0.1) is 25.8 Å². The highest BCUT2D eigenvalue weighted by Gasteiger charge is 2.25. The first kappa shape index (κ1) is 15.8. The Morgan fingerprint density at radius 3 is 2.67 bits per heavy atom. The molecule has 0 spiro atoms. The molecular formula is C16H25N2O3+. The topological polar surface area (TPSA) is 52.0 Å². The van der Waals surface area contributed by atoms with Crippen LogP contribution in [0.4, 0.5) is 5.69 Å². The van der Waals surface area contributed by atoms with Gasteiger partial charge in [-0.15, -0.1) is 0 Å². The summed E-state index contributed by atoms with van der Waals surface area (Å²) in [5.41, 5.74) is 0.726. The second-order valence-electron chi connectivity index (χ2n) is 5.66. The number of quaternary nitrogens is 1. The average molecular weight is 293 g/mol. The van der Waals surface area contributed by atoms with Crippen LogP contribution in [-0.4, -0.2) is 44.9 Å². The van der Waals surface area contributed by atoms with Crippen LogP contribution in [0.3, 0.4) is 0 Å². The van der Waals surface area contributed by atoms with Crippen LogP contribution in [0.2, 0.25) is 0 Å². The monoisotopic (exact) mass is 293 g/mol. The third kappa shape index (κ3) is 4.72. The molecule has 2 rings (SSSR count). The summed E-state index contributed by atoms with van der Waals surface area (Å²) in [5.74, 6) is 0.714. The van der Waals surface area contributed by atoms with Crippen LogP contribution >= 0.6 is 0 Å². The SMILES string of the molecule is COc1ccccc1NC(=O)CC[NH+]1C[C@@H](C)O[C@H](C)C1. The molecule has 1 fully saturated rings. The number of ether oxygens (including phenoxy) is 2. The molecule has 5 nitrogen and oxygen atoms in total. The smallest absolute Gasteiger partial charge is 0.230 e. The Balaban J connectivity index is 1.82. The van der Waals surface area contributed by atoms with Gasteiger partial charge in [0, 0.05) is 0 Å². The molecule has 1 heterocycles. The van der Waals surface area contributed by atoms with Gasteiger partial charge in [-0.1, -0.05) is 12.1 Å². The lowest BCUT2D eigenvalue weighted by atomic mass is 10.2. The molecule has 1 amide bonds. The summed E-state index contributed by atoms with van der Waals surface area (Å²) in [4.78, 5) is 13.5. The first-order valence-electron chi connectivity index (χ1n) is 7.50. The number of anilines is 1. The van der Waals surface area contributed by atoms with Crippen molar-refractivity contribution in [1.82, 2.24) is 0 Å². The lowest BCUT2D eigenvalue weighted by Gasteiger charge is -2.32. The van der Waals surface area contributed by atoms with Crippen molar-refractivity contribution in [3.8, 4) is 5.75 Å². The zero-order chi connectivity index (χ0) is 15.2. The Morgan fingerprint density at radius 1 is 1.33 bits per heavy atom. The molecule has 0 bridgehead atoms. The Kier molecular flexibility index (Phi) is 5.59. The third-order valence-electron chi connectivity index (χ3n) is 3.70. The third-order valence-corrected chi connectivity index (χ3v) is 3.70. The predicted molar refractivity (Wildman–Crippen MR) is 81.8 cm³/mol. The molecule has 116 valence electrons. The number of hydrogen-bond acceptors (Lipinski definition) is 3. The Labute approximate surface area is 126 Å². The van der Waals surface area contributed by atoms with Gasteiger partial charge >= 0.3 is 0 Å². The normalized spacial score (nSPS) is 25.4. The summed E-state index contributed by atoms with van der Waals surface area (Å²) in [5, 5.41) is 2.91. The minimum Gasteiger partial charge on any atom is -0.495 e. The van der Waals surface area contributed by atoms with E-state index in [1.54, 1.807) is 7.11 Å². The van der Waals surface area contributed by atoms with Gasteiger partial charge in [-0.05, 0) is 26.0 Å². The Hall–Kier alpha value is -1.59. The number of methoxy groups -OCH3 is 1. The summed E-state index contributed by atoms with van der Waals surface area (Å²) < 4.78 is 10.9. The summed E-state index contributed by atoms with van der Waals surface area (Å²) in [7, 11) is 1.60. The fourth-order valence-corrected chi connectivity index (χ4v) is 2.84. The van der Waals surface area contributed by atoms with Crippen molar-refractivity contribution in [3.63, 3.8) is 0 Å². The molecule has 0 aliphatic carbocycles. The van der Waals surface area contributed by atoms with E-state index in [1.165, 1.54) is 4.90 Å². The van der Waals surface area contributed by atoms with E-state index in [4.69, 9.17) is 9.47 Å². The molecule has 1 aromatic rings. The van der Waals surface area contributed by atoms with Gasteiger partial charge in [0.1, 0.15) is 31.0 Å². The maximum atomic E-state index is 12.1. The van der Waals surface area contributed by atoms with Crippen LogP contribution in [0, 0.1) is 0 Å². The molecule has 2 N–H and O–H groups in total. The number of hydrogen-bond donors (Lipinski definition) is 2. The van der Waals surface area contributed by atoms with Gasteiger partial charge in [0.15, 0.2) is 0 Å². The Morgan fingerprint density at radius 2 is 2.00 bits per heavy atom. The van der Waals surface area contributed by atoms with Crippen LogP contribution in [0.15, 0.2) is 24.3 Å². The molecular weight excluding hydrogens is 268 g/mol. The summed E-state index contributed by atoms with van der Waals surface area (Å²) in [6.45, 7) is 6.94. The summed E-state index contributed by atoms with van der Waals surface area (Å²) in [6.07, 6.45) is 1.04. The number of para-hydroxylation sites is 2. The minimum atomic E-state index is 0.0267. The number of carbonyl (C=O) groups excluding carboxylic acids is 1. The molecule has 21 heavy (non-hydrogen) atoms. The quantitative estimate of drug-likeness (QED) is 0.841. The molecule has 1 aliphatic heterocycles. The molecule has 1 aliphatic rings. The lowest BCUT2D eigenvalue weighted by molar-refractivity contribution is -0.914. The Bertz CT molecular complexity index is 468. The number of amides is 1. The average Bonchev–Trinajstić information content (AvgIpc) is 2.45. The minimum absolute atomic E-state index is 0.0267. The van der Waals surface area contributed by atoms with Crippen LogP contribution in [-0.2, 0) is 9.53 Å². The zero-order valence-electron chi connectivity index (χ0n) is 13.0.